The van der Waals surface area contributed by atoms with Crippen molar-refractivity contribution in [2.24, 2.45) is 5.92 Å². The van der Waals surface area contributed by atoms with Gasteiger partial charge in [0.1, 0.15) is 53.2 Å². The van der Waals surface area contributed by atoms with Crippen molar-refractivity contribution in [3.63, 3.8) is 0 Å². The molecule has 0 amide bonds. The van der Waals surface area contributed by atoms with Crippen molar-refractivity contribution < 1.29 is 37.2 Å². The Morgan fingerprint density at radius 1 is 0.464 bits per heavy atom. The van der Waals surface area contributed by atoms with E-state index in [-0.39, 0.29) is 49.7 Å². The van der Waals surface area contributed by atoms with E-state index in [0.717, 1.165) is 110 Å². The molecule has 12 rings (SSSR count). The fourth-order valence-corrected chi connectivity index (χ4v) is 13.8. The second-order valence-corrected chi connectivity index (χ2v) is 31.8. The van der Waals surface area contributed by atoms with Crippen LogP contribution >= 0.6 is 45.3 Å². The zero-order valence-electron chi connectivity index (χ0n) is 66.2. The lowest BCUT2D eigenvalue weighted by Crippen LogP contribution is -2.21. The number of nitrogens with zero attached hydrogens (tertiary/aromatic N) is 9. The molecule has 0 atom stereocenters. The van der Waals surface area contributed by atoms with Gasteiger partial charge in [-0.3, -0.25) is 9.64 Å². The SMILES string of the molecule is CC(C)C.CC(C)Nc1nc(-c2cc(OC(C)C)c3ccc(NCC(F)(F)F)cc3n2)cs1.CC(C)Nc1nc(-c2cc(OC(C)C)c3ccc(OCCO)cc3n2)cs1.[C-]#[N+]CCNc1ccc2c(=O)cc(-c3csc(NC(C)C)n3)[nH]c2c1.[C-]#[N+]CNc1ccc2c(OC(C)C)cc(-c3csc(NC(C)C)n3)nc2c1. The zero-order valence-corrected chi connectivity index (χ0v) is 69.5. The third kappa shape index (κ3) is 27.1. The van der Waals surface area contributed by atoms with Crippen LogP contribution in [-0.2, 0) is 0 Å². The molecule has 30 heteroatoms. The van der Waals surface area contributed by atoms with E-state index in [0.29, 0.717) is 76.4 Å². The van der Waals surface area contributed by atoms with Gasteiger partial charge in [0.15, 0.2) is 26.0 Å². The van der Waals surface area contributed by atoms with Crippen molar-refractivity contribution in [1.29, 1.82) is 0 Å². The minimum Gasteiger partial charge on any atom is -0.491 e. The summed E-state index contributed by atoms with van der Waals surface area (Å²) in [6, 6.07) is 30.4. The molecule has 0 saturated carbocycles. The smallest absolute Gasteiger partial charge is 0.405 e. The Labute approximate surface area is 668 Å². The summed E-state index contributed by atoms with van der Waals surface area (Å²) in [7, 11) is 0. The number of pyridine rings is 4. The number of halogens is 3. The molecule has 8 aromatic heterocycles. The fourth-order valence-electron chi connectivity index (χ4n) is 10.4. The lowest BCUT2D eigenvalue weighted by atomic mass is 10.1. The van der Waals surface area contributed by atoms with Crippen LogP contribution in [0.3, 0.4) is 0 Å². The molecule has 0 aliphatic carbocycles. The number of nitrogens with one attached hydrogen (secondary N) is 8. The van der Waals surface area contributed by atoms with E-state index >= 15 is 0 Å². The van der Waals surface area contributed by atoms with Gasteiger partial charge in [0.2, 0.25) is 6.54 Å². The van der Waals surface area contributed by atoms with Crippen LogP contribution in [0.2, 0.25) is 0 Å². The first-order valence-electron chi connectivity index (χ1n) is 36.9. The van der Waals surface area contributed by atoms with Gasteiger partial charge in [-0.25, -0.2) is 48.0 Å². The molecule has 9 N–H and O–H groups in total. The van der Waals surface area contributed by atoms with Crippen molar-refractivity contribution >= 4 is 127 Å². The molecular formula is C82H100F3N17O6S4. The molecule has 0 unspecified atom stereocenters. The Balaban J connectivity index is 0.000000184. The van der Waals surface area contributed by atoms with Crippen molar-refractivity contribution in [3.8, 4) is 68.5 Å². The first-order valence-corrected chi connectivity index (χ1v) is 40.4. The van der Waals surface area contributed by atoms with Crippen molar-refractivity contribution in [3.05, 3.63) is 152 Å². The average Bonchev–Trinajstić information content (AvgIpc) is 1.59. The Bertz CT molecular complexity index is 5170. The van der Waals surface area contributed by atoms with Gasteiger partial charge in [0, 0.05) is 115 Å². The monoisotopic (exact) mass is 1600 g/mol. The van der Waals surface area contributed by atoms with Gasteiger partial charge in [-0.05, 0) is 170 Å². The molecule has 0 fully saturated rings. The molecule has 0 aliphatic heterocycles. The van der Waals surface area contributed by atoms with E-state index in [1.165, 1.54) is 22.7 Å². The molecular weight excluding hydrogens is 1500 g/mol. The normalized spacial score (nSPS) is 11.2. The maximum Gasteiger partial charge on any atom is 0.405 e. The third-order valence-corrected chi connectivity index (χ3v) is 17.8. The van der Waals surface area contributed by atoms with Crippen LogP contribution in [0.5, 0.6) is 23.0 Å². The number of aromatic amines is 1. The molecule has 0 bridgehead atoms. The summed E-state index contributed by atoms with van der Waals surface area (Å²) in [6.07, 6.45) is -4.26. The number of ether oxygens (including phenoxy) is 4. The lowest BCUT2D eigenvalue weighted by molar-refractivity contribution is -0.115. The zero-order chi connectivity index (χ0) is 81.3. The maximum atomic E-state index is 12.5. The van der Waals surface area contributed by atoms with Gasteiger partial charge in [0.25, 0.3) is 6.67 Å². The van der Waals surface area contributed by atoms with Gasteiger partial charge in [-0.2, -0.15) is 13.2 Å². The first kappa shape index (κ1) is 87.0. The van der Waals surface area contributed by atoms with E-state index in [1.807, 2.05) is 144 Å². The van der Waals surface area contributed by atoms with Gasteiger partial charge < -0.3 is 71.1 Å². The number of thiazole rings is 4. The Morgan fingerprint density at radius 2 is 0.848 bits per heavy atom. The summed E-state index contributed by atoms with van der Waals surface area (Å²) < 4.78 is 61.1. The number of anilines is 7. The molecule has 0 spiro atoms. The summed E-state index contributed by atoms with van der Waals surface area (Å²) in [6.45, 7) is 48.9. The maximum absolute atomic E-state index is 12.5. The van der Waals surface area contributed by atoms with E-state index in [4.69, 9.17) is 47.2 Å². The number of aliphatic hydroxyl groups is 1. The molecule has 8 heterocycles. The number of hydrogen-bond acceptors (Lipinski definition) is 24. The van der Waals surface area contributed by atoms with Crippen LogP contribution in [0.4, 0.5) is 50.8 Å². The van der Waals surface area contributed by atoms with Gasteiger partial charge in [-0.1, -0.05) is 20.8 Å². The van der Waals surface area contributed by atoms with Crippen LogP contribution in [-0.4, -0.2) is 133 Å². The number of alkyl halides is 3. The van der Waals surface area contributed by atoms with Crippen molar-refractivity contribution in [1.82, 2.24) is 39.9 Å². The summed E-state index contributed by atoms with van der Waals surface area (Å²) in [5.41, 5.74) is 10.8. The Kier molecular flexibility index (Phi) is 32.3. The van der Waals surface area contributed by atoms with E-state index in [2.05, 4.69) is 139 Å². The number of fused-ring (bicyclic) bond motifs is 4. The molecule has 4 aromatic carbocycles. The lowest BCUT2D eigenvalue weighted by Gasteiger charge is -2.15. The molecule has 0 saturated heterocycles. The topological polar surface area (TPSA) is 273 Å². The van der Waals surface area contributed by atoms with E-state index in [9.17, 15) is 18.0 Å². The summed E-state index contributed by atoms with van der Waals surface area (Å²) in [5.74, 6) is 3.67. The predicted molar refractivity (Wildman–Crippen MR) is 459 cm³/mol. The van der Waals surface area contributed by atoms with Gasteiger partial charge in [-0.15, -0.1) is 45.3 Å². The minimum absolute atomic E-state index is 0.0301. The average molecular weight is 1610 g/mol. The van der Waals surface area contributed by atoms with E-state index < -0.39 is 12.7 Å². The molecule has 594 valence electrons. The van der Waals surface area contributed by atoms with Crippen molar-refractivity contribution in [2.75, 3.05) is 76.7 Å². The van der Waals surface area contributed by atoms with Gasteiger partial charge in [0.05, 0.1) is 82.0 Å². The molecule has 12 aromatic rings. The van der Waals surface area contributed by atoms with Crippen LogP contribution in [0.25, 0.3) is 98.9 Å². The Morgan fingerprint density at radius 3 is 1.24 bits per heavy atom. The highest BCUT2D eigenvalue weighted by Gasteiger charge is 2.27. The van der Waals surface area contributed by atoms with Crippen molar-refractivity contribution in [2.45, 2.75) is 166 Å². The third-order valence-electron chi connectivity index (χ3n) is 14.7. The summed E-state index contributed by atoms with van der Waals surface area (Å²) >= 11 is 6.11. The molecule has 0 aliphatic rings. The number of hydrogen-bond donors (Lipinski definition) is 9. The second-order valence-electron chi connectivity index (χ2n) is 28.4. The van der Waals surface area contributed by atoms with E-state index in [1.54, 1.807) is 53.0 Å². The number of H-pyrrole nitrogens is 1. The van der Waals surface area contributed by atoms with Crippen LogP contribution in [0.15, 0.2) is 123 Å². The minimum atomic E-state index is -4.30. The van der Waals surface area contributed by atoms with Crippen LogP contribution in [0, 0.1) is 19.1 Å². The fraction of sp³-hybridized carbons (Fsp3) is 0.390. The highest BCUT2D eigenvalue weighted by molar-refractivity contribution is 7.15. The molecule has 0 radical (unpaired) electrons. The number of aliphatic hydroxyl groups excluding tert-OH is 1. The Hall–Kier alpha value is -10.6. The highest BCUT2D eigenvalue weighted by Crippen LogP contribution is 2.38. The highest BCUT2D eigenvalue weighted by atomic mass is 32.1. The van der Waals surface area contributed by atoms with Crippen LogP contribution < -0.4 is 61.6 Å². The predicted octanol–water partition coefficient (Wildman–Crippen LogP) is 21.0. The second kappa shape index (κ2) is 41.6. The summed E-state index contributed by atoms with van der Waals surface area (Å²) in [5, 5.41) is 45.2. The number of rotatable bonds is 28. The quantitative estimate of drug-likeness (QED) is 0.0163. The molecule has 112 heavy (non-hydrogen) atoms. The first-order chi connectivity index (χ1) is 53.3. The number of aromatic nitrogens is 8. The standard InChI is InChI=1S/C20H23F3N4OS.C20H23N5OS.C20H25N3O3S.C18H19N5OS.C4H10/c1-11(2)25-19-27-17(9-29-19)16-8-18(28-12(3)4)14-6-5-13(7-15(14)26-16)24-10-20(21,22)23;1-12(2)23-20-25-18(10-27-20)17-9-19(26-13(3)4)15-7-6-14(22-11-21-5)8-16(15)24-17;1-12(2)21-20-23-18(11-27-20)17-10-19(26-13(3)4)15-6-5-14(25-8-7-24)9-16(15)22-17;1-11(2)21-18-23-16(10-25-18)15-9-17(24)13-5-4-12(8-14(13)22-15)20-7-6-19-3;1-4(2)3/h5-9,11-12,24H,10H2,1-4H3,(H,25,27);6-10,12-13,22H,11H2,1-4H3,(H,23,25);5-6,9-13,24H,7-8H2,1-4H3,(H,21,23);4-5,8-11,20H,6-7H2,1-2H3,(H,21,23)(H,22,24);4H,1-3H3. The van der Waals surface area contributed by atoms with Crippen LogP contribution in [0.1, 0.15) is 118 Å². The molecule has 23 nitrogen and oxygen atoms in total. The number of benzene rings is 4. The van der Waals surface area contributed by atoms with Gasteiger partial charge >= 0.3 is 6.18 Å². The summed E-state index contributed by atoms with van der Waals surface area (Å²) in [4.78, 5) is 55.0. The largest absolute Gasteiger partial charge is 0.491 e.